The summed E-state index contributed by atoms with van der Waals surface area (Å²) >= 11 is 0. The van der Waals surface area contributed by atoms with Crippen molar-refractivity contribution in [1.82, 2.24) is 4.90 Å². The maximum absolute atomic E-state index is 2.29. The van der Waals surface area contributed by atoms with Gasteiger partial charge in [-0.1, -0.05) is 36.4 Å². The first-order valence-corrected chi connectivity index (χ1v) is 5.80. The third-order valence-electron chi connectivity index (χ3n) is 2.56. The molecule has 88 valence electrons. The summed E-state index contributed by atoms with van der Waals surface area (Å²) in [5.74, 6) is 0. The van der Waals surface area contributed by atoms with Crippen LogP contribution in [0.2, 0.25) is 0 Å². The van der Waals surface area contributed by atoms with Crippen LogP contribution >= 0.6 is 0 Å². The number of benzene rings is 2. The highest BCUT2D eigenvalue weighted by Crippen LogP contribution is 2.24. The first kappa shape index (κ1) is 11.7. The summed E-state index contributed by atoms with van der Waals surface area (Å²) in [7, 11) is 4.16. The molecular weight excluding hydrogens is 208 g/mol. The van der Waals surface area contributed by atoms with Gasteiger partial charge in [-0.05, 0) is 38.4 Å². The van der Waals surface area contributed by atoms with Crippen LogP contribution in [0.3, 0.4) is 0 Å². The molecule has 0 aliphatic rings. The molecule has 0 aliphatic heterocycles. The number of hydrogen-bond acceptors (Lipinski definition) is 2. The van der Waals surface area contributed by atoms with Crippen LogP contribution in [0.25, 0.3) is 0 Å². The van der Waals surface area contributed by atoms with Gasteiger partial charge < -0.3 is 4.90 Å². The minimum Gasteiger partial charge on any atom is -0.328 e. The lowest BCUT2D eigenvalue weighted by atomic mass is 10.2. The third-order valence-corrected chi connectivity index (χ3v) is 2.56. The Labute approximate surface area is 103 Å². The smallest absolute Gasteiger partial charge is 0.0751 e. The monoisotopic (exact) mass is 226 g/mol. The molecular formula is C15H18N2. The minimum atomic E-state index is 0.869. The third kappa shape index (κ3) is 3.08. The fourth-order valence-corrected chi connectivity index (χ4v) is 1.81. The van der Waals surface area contributed by atoms with Crippen LogP contribution in [0, 0.1) is 0 Å². The molecule has 0 fully saturated rings. The Morgan fingerprint density at radius 1 is 0.706 bits per heavy atom. The van der Waals surface area contributed by atoms with E-state index in [0.29, 0.717) is 0 Å². The van der Waals surface area contributed by atoms with Crippen molar-refractivity contribution in [3.05, 3.63) is 60.7 Å². The van der Waals surface area contributed by atoms with Crippen molar-refractivity contribution in [2.75, 3.05) is 25.7 Å². The van der Waals surface area contributed by atoms with Crippen LogP contribution in [0.4, 0.5) is 11.4 Å². The maximum atomic E-state index is 2.29. The highest BCUT2D eigenvalue weighted by Gasteiger charge is 2.08. The number of rotatable bonds is 4. The Bertz CT molecular complexity index is 397. The Hall–Kier alpha value is -1.80. The molecule has 0 bridgehead atoms. The van der Waals surface area contributed by atoms with Gasteiger partial charge >= 0.3 is 0 Å². The zero-order chi connectivity index (χ0) is 12.1. The lowest BCUT2D eigenvalue weighted by Gasteiger charge is -2.28. The lowest BCUT2D eigenvalue weighted by molar-refractivity contribution is 0.418. The minimum absolute atomic E-state index is 0.869. The summed E-state index contributed by atoms with van der Waals surface area (Å²) < 4.78 is 0. The van der Waals surface area contributed by atoms with Gasteiger partial charge in [0.1, 0.15) is 0 Å². The molecule has 2 aromatic rings. The first-order valence-electron chi connectivity index (χ1n) is 5.80. The van der Waals surface area contributed by atoms with Crippen LogP contribution in [0.15, 0.2) is 60.7 Å². The fraction of sp³-hybridized carbons (Fsp3) is 0.200. The van der Waals surface area contributed by atoms with Crippen LogP contribution in [-0.2, 0) is 0 Å². The van der Waals surface area contributed by atoms with E-state index < -0.39 is 0 Å². The number of nitrogens with zero attached hydrogens (tertiary/aromatic N) is 2. The average Bonchev–Trinajstić information content (AvgIpc) is 2.38. The van der Waals surface area contributed by atoms with Crippen molar-refractivity contribution >= 4 is 11.4 Å². The van der Waals surface area contributed by atoms with Crippen LogP contribution in [0.1, 0.15) is 0 Å². The molecule has 2 heteroatoms. The standard InChI is InChI=1S/C15H18N2/c1-16(2)13-17(14-9-5-3-6-10-14)15-11-7-4-8-12-15/h3-12H,13H2,1-2H3. The van der Waals surface area contributed by atoms with Crippen molar-refractivity contribution in [3.8, 4) is 0 Å². The summed E-state index contributed by atoms with van der Waals surface area (Å²) in [4.78, 5) is 4.46. The van der Waals surface area contributed by atoms with Crippen molar-refractivity contribution in [3.63, 3.8) is 0 Å². The summed E-state index contributed by atoms with van der Waals surface area (Å²) in [6.45, 7) is 0.869. The molecule has 0 radical (unpaired) electrons. The van der Waals surface area contributed by atoms with Crippen molar-refractivity contribution in [1.29, 1.82) is 0 Å². The summed E-state index contributed by atoms with van der Waals surface area (Å²) in [6, 6.07) is 20.9. The van der Waals surface area contributed by atoms with E-state index in [-0.39, 0.29) is 0 Å². The van der Waals surface area contributed by atoms with Crippen molar-refractivity contribution in [2.24, 2.45) is 0 Å². The first-order chi connectivity index (χ1) is 8.27. The van der Waals surface area contributed by atoms with E-state index >= 15 is 0 Å². The van der Waals surface area contributed by atoms with Gasteiger partial charge in [-0.3, -0.25) is 4.90 Å². The van der Waals surface area contributed by atoms with E-state index in [2.05, 4.69) is 72.4 Å². The summed E-state index contributed by atoms with van der Waals surface area (Å²) in [6.07, 6.45) is 0. The van der Waals surface area contributed by atoms with E-state index in [1.54, 1.807) is 0 Å². The largest absolute Gasteiger partial charge is 0.328 e. The van der Waals surface area contributed by atoms with Gasteiger partial charge in [-0.25, -0.2) is 0 Å². The molecule has 0 saturated carbocycles. The number of hydrogen-bond donors (Lipinski definition) is 0. The molecule has 2 rings (SSSR count). The van der Waals surface area contributed by atoms with E-state index in [1.807, 2.05) is 12.1 Å². The molecule has 0 saturated heterocycles. The van der Waals surface area contributed by atoms with Gasteiger partial charge in [0.15, 0.2) is 0 Å². The van der Waals surface area contributed by atoms with Crippen LogP contribution < -0.4 is 4.90 Å². The van der Waals surface area contributed by atoms with E-state index in [0.717, 1.165) is 6.67 Å². The average molecular weight is 226 g/mol. The SMILES string of the molecule is CN(C)CN(c1ccccc1)c1ccccc1. The van der Waals surface area contributed by atoms with E-state index in [4.69, 9.17) is 0 Å². The van der Waals surface area contributed by atoms with Crippen LogP contribution in [-0.4, -0.2) is 25.7 Å². The van der Waals surface area contributed by atoms with Gasteiger partial charge in [-0.15, -0.1) is 0 Å². The lowest BCUT2D eigenvalue weighted by Crippen LogP contribution is -2.29. The Morgan fingerprint density at radius 3 is 1.47 bits per heavy atom. The molecule has 2 nitrogen and oxygen atoms in total. The fourth-order valence-electron chi connectivity index (χ4n) is 1.81. The quantitative estimate of drug-likeness (QED) is 0.738. The molecule has 0 heterocycles. The Morgan fingerprint density at radius 2 is 1.12 bits per heavy atom. The van der Waals surface area contributed by atoms with E-state index in [9.17, 15) is 0 Å². The van der Waals surface area contributed by atoms with Gasteiger partial charge in [-0.2, -0.15) is 0 Å². The predicted octanol–water partition coefficient (Wildman–Crippen LogP) is 3.34. The normalized spacial score (nSPS) is 10.5. The second-order valence-electron chi connectivity index (χ2n) is 4.32. The van der Waals surface area contributed by atoms with Crippen molar-refractivity contribution < 1.29 is 0 Å². The molecule has 0 atom stereocenters. The molecule has 0 aromatic heterocycles. The summed E-state index contributed by atoms with van der Waals surface area (Å²) in [5, 5.41) is 0. The molecule has 17 heavy (non-hydrogen) atoms. The van der Waals surface area contributed by atoms with E-state index in [1.165, 1.54) is 11.4 Å². The topological polar surface area (TPSA) is 6.48 Å². The predicted molar refractivity (Wildman–Crippen MR) is 73.6 cm³/mol. The highest BCUT2D eigenvalue weighted by molar-refractivity contribution is 5.62. The summed E-state index contributed by atoms with van der Waals surface area (Å²) in [5.41, 5.74) is 2.43. The second-order valence-corrected chi connectivity index (χ2v) is 4.32. The highest BCUT2D eigenvalue weighted by atomic mass is 15.3. The van der Waals surface area contributed by atoms with Crippen LogP contribution in [0.5, 0.6) is 0 Å². The molecule has 0 spiro atoms. The number of para-hydroxylation sites is 2. The van der Waals surface area contributed by atoms with Gasteiger partial charge in [0, 0.05) is 11.4 Å². The molecule has 0 unspecified atom stereocenters. The van der Waals surface area contributed by atoms with Gasteiger partial charge in [0.05, 0.1) is 6.67 Å². The molecule has 0 aliphatic carbocycles. The molecule has 0 N–H and O–H groups in total. The Kier molecular flexibility index (Phi) is 3.78. The zero-order valence-electron chi connectivity index (χ0n) is 10.4. The maximum Gasteiger partial charge on any atom is 0.0751 e. The van der Waals surface area contributed by atoms with Gasteiger partial charge in [0.25, 0.3) is 0 Å². The second kappa shape index (κ2) is 5.51. The Balaban J connectivity index is 2.32. The zero-order valence-corrected chi connectivity index (χ0v) is 10.4. The molecule has 0 amide bonds. The van der Waals surface area contributed by atoms with Crippen molar-refractivity contribution in [2.45, 2.75) is 0 Å². The molecule has 2 aromatic carbocycles. The van der Waals surface area contributed by atoms with Gasteiger partial charge in [0.2, 0.25) is 0 Å². The number of anilines is 2.